The zero-order valence-corrected chi connectivity index (χ0v) is 8.25. The van der Waals surface area contributed by atoms with Gasteiger partial charge in [-0.1, -0.05) is 12.2 Å². The summed E-state index contributed by atoms with van der Waals surface area (Å²) in [6.45, 7) is 1.58. The lowest BCUT2D eigenvalue weighted by molar-refractivity contribution is -0.117. The van der Waals surface area contributed by atoms with Crippen LogP contribution in [0.15, 0.2) is 12.2 Å². The molecule has 0 saturated carbocycles. The Morgan fingerprint density at radius 1 is 1.46 bits per heavy atom. The minimum absolute atomic E-state index is 0.103. The second-order valence-corrected chi connectivity index (χ2v) is 2.98. The van der Waals surface area contributed by atoms with Crippen LogP contribution in [-0.4, -0.2) is 25.2 Å². The molecule has 0 fully saturated rings. The van der Waals surface area contributed by atoms with E-state index in [0.29, 0.717) is 12.8 Å². The Morgan fingerprint density at radius 2 is 2.15 bits per heavy atom. The molecule has 0 aromatic carbocycles. The number of allylic oxidation sites excluding steroid dienone is 1. The Labute approximate surface area is 79.2 Å². The second-order valence-electron chi connectivity index (χ2n) is 2.98. The van der Waals surface area contributed by atoms with Crippen LogP contribution < -0.4 is 5.32 Å². The minimum atomic E-state index is -0.103. The van der Waals surface area contributed by atoms with E-state index in [2.05, 4.69) is 5.32 Å². The molecule has 1 atom stereocenters. The molecule has 0 saturated heterocycles. The number of Topliss-reactive ketones (excluding diaryl/α,β-unsaturated/α-hetero) is 1. The van der Waals surface area contributed by atoms with Gasteiger partial charge in [0.25, 0.3) is 0 Å². The standard InChI is InChI=1S/C10H17NO2/c1-9(13)6-4-3-5-7-10(8-12)11-2/h3,5,8,10-11H,4,6-7H2,1-2H3/t10-/m0/s1. The largest absolute Gasteiger partial charge is 0.311 e. The maximum Gasteiger partial charge on any atom is 0.137 e. The van der Waals surface area contributed by atoms with Crippen LogP contribution in [0.4, 0.5) is 0 Å². The third kappa shape index (κ3) is 7.40. The van der Waals surface area contributed by atoms with E-state index in [9.17, 15) is 9.59 Å². The predicted molar refractivity (Wildman–Crippen MR) is 52.6 cm³/mol. The van der Waals surface area contributed by atoms with Crippen LogP contribution >= 0.6 is 0 Å². The summed E-state index contributed by atoms with van der Waals surface area (Å²) < 4.78 is 0. The molecule has 3 nitrogen and oxygen atoms in total. The van der Waals surface area contributed by atoms with E-state index in [1.807, 2.05) is 12.2 Å². The number of carbonyl (C=O) groups excluding carboxylic acids is 2. The first-order chi connectivity index (χ1) is 6.20. The summed E-state index contributed by atoms with van der Waals surface area (Å²) in [6.07, 6.45) is 6.80. The number of nitrogens with one attached hydrogen (secondary N) is 1. The van der Waals surface area contributed by atoms with Crippen LogP contribution in [0.3, 0.4) is 0 Å². The van der Waals surface area contributed by atoms with Gasteiger partial charge < -0.3 is 14.9 Å². The monoisotopic (exact) mass is 183 g/mol. The molecule has 0 aromatic heterocycles. The molecular formula is C10H17NO2. The molecule has 0 rings (SSSR count). The van der Waals surface area contributed by atoms with Crippen LogP contribution in [0, 0.1) is 0 Å². The number of aldehydes is 1. The Morgan fingerprint density at radius 3 is 2.62 bits per heavy atom. The molecule has 74 valence electrons. The molecule has 0 spiro atoms. The summed E-state index contributed by atoms with van der Waals surface area (Å²) in [5, 5.41) is 2.87. The first kappa shape index (κ1) is 12.0. The van der Waals surface area contributed by atoms with Gasteiger partial charge in [-0.15, -0.1) is 0 Å². The van der Waals surface area contributed by atoms with Crippen molar-refractivity contribution in [2.45, 2.75) is 32.2 Å². The average Bonchev–Trinajstić information content (AvgIpc) is 2.11. The maximum atomic E-state index is 10.6. The van der Waals surface area contributed by atoms with E-state index in [1.165, 1.54) is 0 Å². The zero-order valence-electron chi connectivity index (χ0n) is 8.25. The Kier molecular flexibility index (Phi) is 7.11. The van der Waals surface area contributed by atoms with E-state index in [1.54, 1.807) is 14.0 Å². The van der Waals surface area contributed by atoms with E-state index in [0.717, 1.165) is 12.7 Å². The van der Waals surface area contributed by atoms with Gasteiger partial charge in [-0.25, -0.2) is 0 Å². The summed E-state index contributed by atoms with van der Waals surface area (Å²) >= 11 is 0. The van der Waals surface area contributed by atoms with Crippen LogP contribution in [-0.2, 0) is 9.59 Å². The van der Waals surface area contributed by atoms with Gasteiger partial charge in [0.05, 0.1) is 6.04 Å². The fourth-order valence-corrected chi connectivity index (χ4v) is 0.889. The molecule has 0 aliphatic rings. The highest BCUT2D eigenvalue weighted by atomic mass is 16.1. The van der Waals surface area contributed by atoms with Gasteiger partial charge in [0, 0.05) is 6.42 Å². The van der Waals surface area contributed by atoms with Gasteiger partial charge in [-0.2, -0.15) is 0 Å². The van der Waals surface area contributed by atoms with Gasteiger partial charge in [0.2, 0.25) is 0 Å². The molecular weight excluding hydrogens is 166 g/mol. The molecule has 0 aliphatic heterocycles. The first-order valence-electron chi connectivity index (χ1n) is 4.47. The maximum absolute atomic E-state index is 10.6. The molecule has 1 N–H and O–H groups in total. The normalized spacial score (nSPS) is 13.1. The van der Waals surface area contributed by atoms with Crippen molar-refractivity contribution in [3.05, 3.63) is 12.2 Å². The van der Waals surface area contributed by atoms with E-state index >= 15 is 0 Å². The van der Waals surface area contributed by atoms with Gasteiger partial charge >= 0.3 is 0 Å². The molecule has 0 aliphatic carbocycles. The van der Waals surface area contributed by atoms with Gasteiger partial charge in [-0.3, -0.25) is 0 Å². The second kappa shape index (κ2) is 7.68. The molecule has 0 unspecified atom stereocenters. The third-order valence-electron chi connectivity index (χ3n) is 1.75. The summed E-state index contributed by atoms with van der Waals surface area (Å²) in [6, 6.07) is -0.103. The number of hydrogen-bond acceptors (Lipinski definition) is 3. The fourth-order valence-electron chi connectivity index (χ4n) is 0.889. The van der Waals surface area contributed by atoms with Crippen LogP contribution in [0.25, 0.3) is 0 Å². The highest BCUT2D eigenvalue weighted by Gasteiger charge is 1.98. The van der Waals surface area contributed by atoms with Crippen LogP contribution in [0.5, 0.6) is 0 Å². The van der Waals surface area contributed by atoms with Crippen molar-refractivity contribution in [3.63, 3.8) is 0 Å². The first-order valence-corrected chi connectivity index (χ1v) is 4.47. The van der Waals surface area contributed by atoms with Gasteiger partial charge in [0.1, 0.15) is 12.1 Å². The van der Waals surface area contributed by atoms with Crippen molar-refractivity contribution >= 4 is 12.1 Å². The van der Waals surface area contributed by atoms with Crippen LogP contribution in [0.2, 0.25) is 0 Å². The Bertz CT molecular complexity index is 187. The summed E-state index contributed by atoms with van der Waals surface area (Å²) in [5.74, 6) is 0.199. The number of carbonyl (C=O) groups is 2. The quantitative estimate of drug-likeness (QED) is 0.474. The molecule has 0 heterocycles. The smallest absolute Gasteiger partial charge is 0.137 e. The SMILES string of the molecule is CN[C@H](C=O)CC=CCCC(C)=O. The average molecular weight is 183 g/mol. The van der Waals surface area contributed by atoms with Crippen molar-refractivity contribution < 1.29 is 9.59 Å². The van der Waals surface area contributed by atoms with Gasteiger partial charge in [-0.05, 0) is 26.8 Å². The molecule has 13 heavy (non-hydrogen) atoms. The summed E-state index contributed by atoms with van der Waals surface area (Å²) in [7, 11) is 1.75. The third-order valence-corrected chi connectivity index (χ3v) is 1.75. The lowest BCUT2D eigenvalue weighted by Gasteiger charge is -2.03. The van der Waals surface area contributed by atoms with Gasteiger partial charge in [0.15, 0.2) is 0 Å². The highest BCUT2D eigenvalue weighted by molar-refractivity contribution is 5.75. The number of hydrogen-bond donors (Lipinski definition) is 1. The van der Waals surface area contributed by atoms with Crippen molar-refractivity contribution in [1.82, 2.24) is 5.32 Å². The summed E-state index contributed by atoms with van der Waals surface area (Å²) in [4.78, 5) is 20.9. The molecule has 0 bridgehead atoms. The van der Waals surface area contributed by atoms with Crippen molar-refractivity contribution in [3.8, 4) is 0 Å². The summed E-state index contributed by atoms with van der Waals surface area (Å²) in [5.41, 5.74) is 0. The van der Waals surface area contributed by atoms with Crippen molar-refractivity contribution in [2.24, 2.45) is 0 Å². The fraction of sp³-hybridized carbons (Fsp3) is 0.600. The molecule has 3 heteroatoms. The molecule has 0 radical (unpaired) electrons. The number of rotatable bonds is 7. The number of ketones is 1. The predicted octanol–water partition coefficient (Wildman–Crippen LogP) is 1.09. The van der Waals surface area contributed by atoms with E-state index in [-0.39, 0.29) is 11.8 Å². The Balaban J connectivity index is 3.50. The Hall–Kier alpha value is -0.960. The topological polar surface area (TPSA) is 46.2 Å². The number of likely N-dealkylation sites (N-methyl/N-ethyl adjacent to an activating group) is 1. The zero-order chi connectivity index (χ0) is 10.1. The van der Waals surface area contributed by atoms with E-state index in [4.69, 9.17) is 0 Å². The highest BCUT2D eigenvalue weighted by Crippen LogP contribution is 1.95. The lowest BCUT2D eigenvalue weighted by atomic mass is 10.2. The molecule has 0 aromatic rings. The minimum Gasteiger partial charge on any atom is -0.311 e. The van der Waals surface area contributed by atoms with Crippen molar-refractivity contribution in [2.75, 3.05) is 7.05 Å². The van der Waals surface area contributed by atoms with Crippen LogP contribution in [0.1, 0.15) is 26.2 Å². The van der Waals surface area contributed by atoms with E-state index < -0.39 is 0 Å². The van der Waals surface area contributed by atoms with Crippen molar-refractivity contribution in [1.29, 1.82) is 0 Å². The lowest BCUT2D eigenvalue weighted by Crippen LogP contribution is -2.25. The molecule has 0 amide bonds.